The standard InChI is InChI=1S/C19H17N.C4H10O.H4Si/c1-12-11-20-19(13(12)2)17-9-5-8-16-15-7-4-3-6-14(15)10-18(16)17;1-3-5-4-2;/h3-9,11,20H,10H2,1-2H3;3-4H2,1-2H3;1H4. The normalized spacial score (nSPS) is 11.1. The number of hydrogen-bond acceptors (Lipinski definition) is 1. The summed E-state index contributed by atoms with van der Waals surface area (Å²) in [6.07, 6.45) is 3.14. The average Bonchev–Trinajstić information content (AvgIpc) is 3.17. The van der Waals surface area contributed by atoms with Gasteiger partial charge in [0.25, 0.3) is 0 Å². The zero-order valence-corrected chi connectivity index (χ0v) is 15.6. The maximum Gasteiger partial charge on any atom is 0.0489 e. The Morgan fingerprint density at radius 3 is 2.15 bits per heavy atom. The van der Waals surface area contributed by atoms with Crippen LogP contribution in [0.1, 0.15) is 36.1 Å². The van der Waals surface area contributed by atoms with Crippen molar-refractivity contribution in [2.75, 3.05) is 13.2 Å². The smallest absolute Gasteiger partial charge is 0.0489 e. The Morgan fingerprint density at radius 2 is 1.54 bits per heavy atom. The topological polar surface area (TPSA) is 25.0 Å². The molecule has 0 bridgehead atoms. The first-order chi connectivity index (χ1) is 12.2. The fourth-order valence-corrected chi connectivity index (χ4v) is 3.47. The second-order valence-electron chi connectivity index (χ2n) is 6.42. The summed E-state index contributed by atoms with van der Waals surface area (Å²) in [4.78, 5) is 3.45. The molecule has 26 heavy (non-hydrogen) atoms. The summed E-state index contributed by atoms with van der Waals surface area (Å²) in [6.45, 7) is 10.0. The molecule has 3 aromatic rings. The van der Waals surface area contributed by atoms with Crippen molar-refractivity contribution in [3.05, 3.63) is 70.9 Å². The van der Waals surface area contributed by atoms with Crippen LogP contribution >= 0.6 is 0 Å². The second kappa shape index (κ2) is 9.02. The molecule has 1 aliphatic carbocycles. The van der Waals surface area contributed by atoms with Crippen LogP contribution in [-0.2, 0) is 11.2 Å². The Hall–Kier alpha value is -2.10. The third-order valence-corrected chi connectivity index (χ3v) is 4.93. The van der Waals surface area contributed by atoms with Gasteiger partial charge in [0, 0.05) is 30.7 Å². The van der Waals surface area contributed by atoms with Crippen LogP contribution in [0.25, 0.3) is 22.4 Å². The number of H-pyrrole nitrogens is 1. The van der Waals surface area contributed by atoms with Crippen LogP contribution < -0.4 is 0 Å². The molecule has 138 valence electrons. The van der Waals surface area contributed by atoms with Gasteiger partial charge in [-0.3, -0.25) is 0 Å². The van der Waals surface area contributed by atoms with Crippen molar-refractivity contribution in [1.29, 1.82) is 0 Å². The molecule has 3 heteroatoms. The van der Waals surface area contributed by atoms with E-state index in [2.05, 4.69) is 67.5 Å². The molecular weight excluding hydrogens is 334 g/mol. The van der Waals surface area contributed by atoms with Crippen LogP contribution in [-0.4, -0.2) is 29.2 Å². The van der Waals surface area contributed by atoms with Crippen LogP contribution in [0.15, 0.2) is 48.7 Å². The third kappa shape index (κ3) is 3.84. The molecule has 0 atom stereocenters. The first-order valence-electron chi connectivity index (χ1n) is 9.10. The van der Waals surface area contributed by atoms with Gasteiger partial charge in [0.05, 0.1) is 0 Å². The molecule has 0 amide bonds. The van der Waals surface area contributed by atoms with E-state index in [1.807, 2.05) is 13.8 Å². The van der Waals surface area contributed by atoms with E-state index in [4.69, 9.17) is 4.74 Å². The molecule has 1 N–H and O–H groups in total. The van der Waals surface area contributed by atoms with Gasteiger partial charge in [-0.15, -0.1) is 0 Å². The first-order valence-corrected chi connectivity index (χ1v) is 9.10. The van der Waals surface area contributed by atoms with E-state index in [1.54, 1.807) is 0 Å². The van der Waals surface area contributed by atoms with E-state index in [0.29, 0.717) is 0 Å². The summed E-state index contributed by atoms with van der Waals surface area (Å²) >= 11 is 0. The Balaban J connectivity index is 0.000000362. The number of nitrogens with one attached hydrogen (secondary N) is 1. The van der Waals surface area contributed by atoms with E-state index in [-0.39, 0.29) is 11.0 Å². The van der Waals surface area contributed by atoms with Crippen molar-refractivity contribution in [3.63, 3.8) is 0 Å². The average molecular weight is 366 g/mol. The van der Waals surface area contributed by atoms with Gasteiger partial charge in [0.15, 0.2) is 0 Å². The quantitative estimate of drug-likeness (QED) is 0.533. The molecule has 2 aromatic carbocycles. The third-order valence-electron chi connectivity index (χ3n) is 4.93. The van der Waals surface area contributed by atoms with Gasteiger partial charge in [-0.05, 0) is 78.5 Å². The summed E-state index contributed by atoms with van der Waals surface area (Å²) in [5, 5.41) is 0. The van der Waals surface area contributed by atoms with Gasteiger partial charge >= 0.3 is 0 Å². The Morgan fingerprint density at radius 1 is 0.885 bits per heavy atom. The first kappa shape index (κ1) is 20.2. The second-order valence-corrected chi connectivity index (χ2v) is 6.42. The molecule has 0 saturated carbocycles. The monoisotopic (exact) mass is 365 g/mol. The van der Waals surface area contributed by atoms with Crippen molar-refractivity contribution in [1.82, 2.24) is 4.98 Å². The van der Waals surface area contributed by atoms with Gasteiger partial charge in [-0.25, -0.2) is 0 Å². The molecule has 2 nitrogen and oxygen atoms in total. The summed E-state index contributed by atoms with van der Waals surface area (Å²) < 4.78 is 4.83. The minimum Gasteiger partial charge on any atom is -0.382 e. The molecule has 0 spiro atoms. The highest BCUT2D eigenvalue weighted by Gasteiger charge is 2.22. The number of benzene rings is 2. The molecule has 0 fully saturated rings. The summed E-state index contributed by atoms with van der Waals surface area (Å²) in [7, 11) is 0. The number of aryl methyl sites for hydroxylation is 1. The summed E-state index contributed by atoms with van der Waals surface area (Å²) in [5.74, 6) is 0. The van der Waals surface area contributed by atoms with Gasteiger partial charge in [-0.1, -0.05) is 42.5 Å². The molecule has 1 aliphatic rings. The number of rotatable bonds is 3. The Labute approximate surface area is 161 Å². The highest BCUT2D eigenvalue weighted by Crippen LogP contribution is 2.41. The molecule has 4 rings (SSSR count). The largest absolute Gasteiger partial charge is 0.382 e. The number of fused-ring (bicyclic) bond motifs is 3. The highest BCUT2D eigenvalue weighted by atomic mass is 28.1. The molecule has 1 heterocycles. The maximum atomic E-state index is 4.83. The lowest BCUT2D eigenvalue weighted by Crippen LogP contribution is -1.89. The van der Waals surface area contributed by atoms with E-state index in [9.17, 15) is 0 Å². The van der Waals surface area contributed by atoms with Gasteiger partial charge in [-0.2, -0.15) is 0 Å². The maximum absolute atomic E-state index is 4.83. The minimum atomic E-state index is 0. The van der Waals surface area contributed by atoms with Gasteiger partial charge in [0.2, 0.25) is 0 Å². The SMILES string of the molecule is CCOCC.Cc1c[nH]c(-c2cccc3c2Cc2ccccc2-3)c1C.[SiH4]. The van der Waals surface area contributed by atoms with E-state index >= 15 is 0 Å². The number of aromatic nitrogens is 1. The molecule has 0 saturated heterocycles. The predicted octanol–water partition coefficient (Wildman–Crippen LogP) is 4.46. The number of hydrogen-bond donors (Lipinski definition) is 1. The lowest BCUT2D eigenvalue weighted by Gasteiger charge is -2.08. The van der Waals surface area contributed by atoms with Gasteiger partial charge < -0.3 is 9.72 Å². The minimum absolute atomic E-state index is 0. The Kier molecular flexibility index (Phi) is 7.01. The zero-order valence-electron chi connectivity index (χ0n) is 15.6. The van der Waals surface area contributed by atoms with Crippen LogP contribution in [0, 0.1) is 13.8 Å². The zero-order chi connectivity index (χ0) is 17.8. The highest BCUT2D eigenvalue weighted by molar-refractivity contribution is 5.84. The van der Waals surface area contributed by atoms with Crippen LogP contribution in [0.5, 0.6) is 0 Å². The fourth-order valence-electron chi connectivity index (χ4n) is 3.47. The molecule has 0 aliphatic heterocycles. The van der Waals surface area contributed by atoms with Gasteiger partial charge in [0.1, 0.15) is 0 Å². The van der Waals surface area contributed by atoms with Crippen LogP contribution in [0.3, 0.4) is 0 Å². The van der Waals surface area contributed by atoms with Crippen molar-refractivity contribution >= 4 is 11.0 Å². The molecule has 0 radical (unpaired) electrons. The van der Waals surface area contributed by atoms with Crippen molar-refractivity contribution in [3.8, 4) is 22.4 Å². The molecule has 1 aromatic heterocycles. The number of ether oxygens (including phenoxy) is 1. The fraction of sp³-hybridized carbons (Fsp3) is 0.304. The lowest BCUT2D eigenvalue weighted by molar-refractivity contribution is 0.162. The van der Waals surface area contributed by atoms with Crippen LogP contribution in [0.2, 0.25) is 0 Å². The number of aromatic amines is 1. The van der Waals surface area contributed by atoms with Crippen LogP contribution in [0.4, 0.5) is 0 Å². The summed E-state index contributed by atoms with van der Waals surface area (Å²) in [6, 6.07) is 15.4. The molecule has 0 unspecified atom stereocenters. The summed E-state index contributed by atoms with van der Waals surface area (Å²) in [5.41, 5.74) is 11.0. The Bertz CT molecular complexity index is 864. The van der Waals surface area contributed by atoms with E-state index in [0.717, 1.165) is 19.6 Å². The van der Waals surface area contributed by atoms with E-state index < -0.39 is 0 Å². The van der Waals surface area contributed by atoms with E-state index in [1.165, 1.54) is 44.6 Å². The van der Waals surface area contributed by atoms with Crippen molar-refractivity contribution in [2.24, 2.45) is 0 Å². The van der Waals surface area contributed by atoms with Crippen molar-refractivity contribution in [2.45, 2.75) is 34.1 Å². The van der Waals surface area contributed by atoms with Crippen molar-refractivity contribution < 1.29 is 4.74 Å². The molecular formula is C23H31NOSi. The predicted molar refractivity (Wildman–Crippen MR) is 117 cm³/mol. The lowest BCUT2D eigenvalue weighted by atomic mass is 9.97.